The van der Waals surface area contributed by atoms with Crippen LogP contribution < -0.4 is 5.32 Å². The molecule has 1 aromatic carbocycles. The van der Waals surface area contributed by atoms with Crippen LogP contribution in [0.25, 0.3) is 0 Å². The van der Waals surface area contributed by atoms with Crippen LogP contribution in [-0.4, -0.2) is 63.0 Å². The van der Waals surface area contributed by atoms with Gasteiger partial charge in [0.25, 0.3) is 0 Å². The predicted octanol–water partition coefficient (Wildman–Crippen LogP) is 3.51. The Morgan fingerprint density at radius 2 is 2.00 bits per heavy atom. The Balaban J connectivity index is 1.34. The third-order valence-corrected chi connectivity index (χ3v) is 5.61. The van der Waals surface area contributed by atoms with Crippen molar-refractivity contribution in [3.8, 4) is 0 Å². The Hall–Kier alpha value is -1.30. The van der Waals surface area contributed by atoms with Crippen LogP contribution in [0.3, 0.4) is 0 Å². The molecule has 27 heavy (non-hydrogen) atoms. The molecule has 0 spiro atoms. The maximum absolute atomic E-state index is 6.11. The molecule has 0 radical (unpaired) electrons. The smallest absolute Gasteiger partial charge is 0.193 e. The molecule has 1 atom stereocenters. The maximum atomic E-state index is 6.11. The van der Waals surface area contributed by atoms with E-state index < -0.39 is 0 Å². The van der Waals surface area contributed by atoms with Gasteiger partial charge in [-0.2, -0.15) is 0 Å². The second-order valence-corrected chi connectivity index (χ2v) is 7.80. The van der Waals surface area contributed by atoms with Crippen LogP contribution in [0.2, 0.25) is 5.02 Å². The van der Waals surface area contributed by atoms with E-state index in [-0.39, 0.29) is 0 Å². The number of hydrogen-bond acceptors (Lipinski definition) is 3. The molecule has 2 fully saturated rings. The molecule has 5 nitrogen and oxygen atoms in total. The number of benzene rings is 1. The third kappa shape index (κ3) is 6.66. The molecule has 0 saturated carbocycles. The Bertz CT molecular complexity index is 580. The van der Waals surface area contributed by atoms with Gasteiger partial charge in [0.05, 0.1) is 18.8 Å². The summed E-state index contributed by atoms with van der Waals surface area (Å²) in [5.74, 6) is 0.984. The normalized spacial score (nSPS) is 22.1. The molecule has 2 heterocycles. The Kier molecular flexibility index (Phi) is 8.24. The minimum atomic E-state index is 0.305. The SMILES string of the molecule is CN=C(NCCc1ccc(Cl)cc1)N1CCC(OCC2CCCCO2)CC1. The van der Waals surface area contributed by atoms with E-state index in [1.165, 1.54) is 18.4 Å². The lowest BCUT2D eigenvalue weighted by molar-refractivity contribution is -0.0721. The molecule has 0 amide bonds. The van der Waals surface area contributed by atoms with E-state index in [4.69, 9.17) is 21.1 Å². The standard InChI is InChI=1S/C21H32ClN3O2/c1-23-21(24-12-9-17-5-7-18(22)8-6-17)25-13-10-19(11-14-25)27-16-20-4-2-3-15-26-20/h5-8,19-20H,2-4,9-16H2,1H3,(H,23,24). The Morgan fingerprint density at radius 1 is 1.22 bits per heavy atom. The van der Waals surface area contributed by atoms with Crippen molar-refractivity contribution >= 4 is 17.6 Å². The van der Waals surface area contributed by atoms with Crippen LogP contribution >= 0.6 is 11.6 Å². The number of piperidine rings is 1. The van der Waals surface area contributed by atoms with E-state index in [0.29, 0.717) is 12.2 Å². The van der Waals surface area contributed by atoms with Crippen LogP contribution in [0.15, 0.2) is 29.3 Å². The average Bonchev–Trinajstić information content (AvgIpc) is 2.72. The first-order valence-corrected chi connectivity index (χ1v) is 10.6. The summed E-state index contributed by atoms with van der Waals surface area (Å²) < 4.78 is 11.9. The van der Waals surface area contributed by atoms with E-state index in [1.54, 1.807) is 0 Å². The third-order valence-electron chi connectivity index (χ3n) is 5.36. The number of likely N-dealkylation sites (tertiary alicyclic amines) is 1. The highest BCUT2D eigenvalue weighted by molar-refractivity contribution is 6.30. The van der Waals surface area contributed by atoms with Gasteiger partial charge in [0.2, 0.25) is 0 Å². The van der Waals surface area contributed by atoms with Crippen molar-refractivity contribution in [3.05, 3.63) is 34.9 Å². The molecule has 2 aliphatic heterocycles. The Labute approximate surface area is 168 Å². The molecule has 0 bridgehead atoms. The zero-order valence-corrected chi connectivity index (χ0v) is 17.1. The van der Waals surface area contributed by atoms with Crippen molar-refractivity contribution in [2.24, 2.45) is 4.99 Å². The van der Waals surface area contributed by atoms with Gasteiger partial charge in [-0.25, -0.2) is 0 Å². The monoisotopic (exact) mass is 393 g/mol. The highest BCUT2D eigenvalue weighted by Gasteiger charge is 2.23. The lowest BCUT2D eigenvalue weighted by atomic mass is 10.1. The number of ether oxygens (including phenoxy) is 2. The fourth-order valence-electron chi connectivity index (χ4n) is 3.72. The summed E-state index contributed by atoms with van der Waals surface area (Å²) >= 11 is 5.94. The molecule has 1 aromatic rings. The van der Waals surface area contributed by atoms with Gasteiger partial charge in [0.1, 0.15) is 0 Å². The van der Waals surface area contributed by atoms with Gasteiger partial charge in [-0.05, 0) is 56.2 Å². The van der Waals surface area contributed by atoms with E-state index in [1.807, 2.05) is 19.2 Å². The van der Waals surface area contributed by atoms with Crippen LogP contribution in [-0.2, 0) is 15.9 Å². The molecule has 1 N–H and O–H groups in total. The summed E-state index contributed by atoms with van der Waals surface area (Å²) in [7, 11) is 1.85. The maximum Gasteiger partial charge on any atom is 0.193 e. The lowest BCUT2D eigenvalue weighted by Gasteiger charge is -2.35. The lowest BCUT2D eigenvalue weighted by Crippen LogP contribution is -2.47. The van der Waals surface area contributed by atoms with Gasteiger partial charge in [-0.1, -0.05) is 23.7 Å². The molecule has 1 unspecified atom stereocenters. The number of hydrogen-bond donors (Lipinski definition) is 1. The first-order chi connectivity index (χ1) is 13.2. The highest BCUT2D eigenvalue weighted by Crippen LogP contribution is 2.18. The molecule has 150 valence electrons. The summed E-state index contributed by atoms with van der Waals surface area (Å²) in [6, 6.07) is 8.03. The van der Waals surface area contributed by atoms with Gasteiger partial charge >= 0.3 is 0 Å². The van der Waals surface area contributed by atoms with Gasteiger partial charge in [-0.3, -0.25) is 4.99 Å². The van der Waals surface area contributed by atoms with E-state index in [9.17, 15) is 0 Å². The molecule has 2 saturated heterocycles. The average molecular weight is 394 g/mol. The van der Waals surface area contributed by atoms with Gasteiger partial charge < -0.3 is 19.7 Å². The second kappa shape index (κ2) is 10.9. The second-order valence-electron chi connectivity index (χ2n) is 7.36. The van der Waals surface area contributed by atoms with Crippen molar-refractivity contribution in [2.45, 2.75) is 50.7 Å². The van der Waals surface area contributed by atoms with Crippen LogP contribution in [0, 0.1) is 0 Å². The molecule has 0 aliphatic carbocycles. The van der Waals surface area contributed by atoms with Gasteiger partial charge in [-0.15, -0.1) is 0 Å². The first kappa shape index (κ1) is 20.4. The highest BCUT2D eigenvalue weighted by atomic mass is 35.5. The fourth-order valence-corrected chi connectivity index (χ4v) is 3.84. The summed E-state index contributed by atoms with van der Waals surface area (Å²) in [6.45, 7) is 4.47. The van der Waals surface area contributed by atoms with Crippen LogP contribution in [0.5, 0.6) is 0 Å². The van der Waals surface area contributed by atoms with Crippen molar-refractivity contribution in [3.63, 3.8) is 0 Å². The fraction of sp³-hybridized carbons (Fsp3) is 0.667. The van der Waals surface area contributed by atoms with Crippen molar-refractivity contribution in [1.29, 1.82) is 0 Å². The molecule has 3 rings (SSSR count). The summed E-state index contributed by atoms with van der Waals surface area (Å²) in [5, 5.41) is 4.26. The summed E-state index contributed by atoms with van der Waals surface area (Å²) in [6.07, 6.45) is 7.30. The number of nitrogens with one attached hydrogen (secondary N) is 1. The topological polar surface area (TPSA) is 46.1 Å². The minimum absolute atomic E-state index is 0.305. The molecular formula is C21H32ClN3O2. The molecule has 6 heteroatoms. The Morgan fingerprint density at radius 3 is 2.67 bits per heavy atom. The largest absolute Gasteiger partial charge is 0.376 e. The first-order valence-electron chi connectivity index (χ1n) is 10.2. The van der Waals surface area contributed by atoms with E-state index in [0.717, 1.165) is 69.5 Å². The van der Waals surface area contributed by atoms with Crippen molar-refractivity contribution in [2.75, 3.05) is 39.9 Å². The number of rotatable bonds is 6. The number of nitrogens with zero attached hydrogens (tertiary/aromatic N) is 2. The van der Waals surface area contributed by atoms with Gasteiger partial charge in [0, 0.05) is 38.3 Å². The van der Waals surface area contributed by atoms with Crippen LogP contribution in [0.1, 0.15) is 37.7 Å². The molecule has 2 aliphatic rings. The number of guanidine groups is 1. The zero-order chi connectivity index (χ0) is 18.9. The summed E-state index contributed by atoms with van der Waals surface area (Å²) in [4.78, 5) is 6.78. The van der Waals surface area contributed by atoms with Crippen LogP contribution in [0.4, 0.5) is 0 Å². The van der Waals surface area contributed by atoms with Crippen molar-refractivity contribution < 1.29 is 9.47 Å². The minimum Gasteiger partial charge on any atom is -0.376 e. The van der Waals surface area contributed by atoms with E-state index in [2.05, 4.69) is 27.3 Å². The number of halogens is 1. The quantitative estimate of drug-likeness (QED) is 0.593. The number of aliphatic imine (C=N–C) groups is 1. The molecule has 0 aromatic heterocycles. The predicted molar refractivity (Wildman–Crippen MR) is 111 cm³/mol. The van der Waals surface area contributed by atoms with E-state index >= 15 is 0 Å². The van der Waals surface area contributed by atoms with Crippen molar-refractivity contribution in [1.82, 2.24) is 10.2 Å². The summed E-state index contributed by atoms with van der Waals surface area (Å²) in [5.41, 5.74) is 1.28. The zero-order valence-electron chi connectivity index (χ0n) is 16.3. The molecular weight excluding hydrogens is 362 g/mol. The van der Waals surface area contributed by atoms with Gasteiger partial charge in [0.15, 0.2) is 5.96 Å².